The maximum atomic E-state index is 13.0. The quantitative estimate of drug-likeness (QED) is 0.708. The van der Waals surface area contributed by atoms with E-state index in [2.05, 4.69) is 20.0 Å². The first-order valence-electron chi connectivity index (χ1n) is 8.09. The number of aromatic nitrogens is 4. The summed E-state index contributed by atoms with van der Waals surface area (Å²) in [5, 5.41) is 4.23. The molecule has 4 rings (SSSR count). The van der Waals surface area contributed by atoms with Crippen LogP contribution in [0, 0.1) is 12.7 Å². The van der Waals surface area contributed by atoms with Gasteiger partial charge in [0.05, 0.1) is 0 Å². The fraction of sp³-hybridized carbons (Fsp3) is 0.294. The van der Waals surface area contributed by atoms with Crippen molar-refractivity contribution in [2.24, 2.45) is 0 Å². The number of rotatable bonds is 2. The molecule has 1 saturated heterocycles. The molecule has 3 aromatic rings. The molecule has 0 bridgehead atoms. The molecule has 2 aromatic heterocycles. The summed E-state index contributed by atoms with van der Waals surface area (Å²) in [6.07, 6.45) is 1.49. The second kappa shape index (κ2) is 6.12. The van der Waals surface area contributed by atoms with Crippen LogP contribution >= 0.6 is 0 Å². The molecular formula is C17H17FN6O. The first kappa shape index (κ1) is 15.5. The number of amides is 1. The van der Waals surface area contributed by atoms with Crippen LogP contribution in [0.5, 0.6) is 0 Å². The van der Waals surface area contributed by atoms with Crippen molar-refractivity contribution in [2.75, 3.05) is 31.1 Å². The van der Waals surface area contributed by atoms with Crippen LogP contribution in [0.2, 0.25) is 0 Å². The predicted molar refractivity (Wildman–Crippen MR) is 90.0 cm³/mol. The summed E-state index contributed by atoms with van der Waals surface area (Å²) in [6.45, 7) is 4.48. The normalized spacial score (nSPS) is 15.0. The summed E-state index contributed by atoms with van der Waals surface area (Å²) in [7, 11) is 0. The largest absolute Gasteiger partial charge is 0.353 e. The van der Waals surface area contributed by atoms with Gasteiger partial charge in [0.2, 0.25) is 0 Å². The molecule has 1 aliphatic heterocycles. The average Bonchev–Trinajstić information content (AvgIpc) is 3.09. The number of carbonyl (C=O) groups is 1. The van der Waals surface area contributed by atoms with Gasteiger partial charge >= 0.3 is 0 Å². The molecular weight excluding hydrogens is 323 g/mol. The number of benzene rings is 1. The summed E-state index contributed by atoms with van der Waals surface area (Å²) < 4.78 is 14.7. The van der Waals surface area contributed by atoms with E-state index in [1.165, 1.54) is 30.6 Å². The molecule has 0 spiro atoms. The van der Waals surface area contributed by atoms with Gasteiger partial charge in [-0.3, -0.25) is 4.79 Å². The number of aryl methyl sites for hydroxylation is 1. The zero-order valence-corrected chi connectivity index (χ0v) is 13.8. The maximum Gasteiger partial charge on any atom is 0.254 e. The van der Waals surface area contributed by atoms with Gasteiger partial charge in [-0.15, -0.1) is 0 Å². The Labute approximate surface area is 143 Å². The van der Waals surface area contributed by atoms with Crippen molar-refractivity contribution in [2.45, 2.75) is 6.92 Å². The SMILES string of the molecule is Cc1cc(N2CCN(C(=O)c3ccc(F)cc3)CC2)n2ncnc2n1. The number of halogens is 1. The molecule has 8 heteroatoms. The number of carbonyl (C=O) groups excluding carboxylic acids is 1. The summed E-state index contributed by atoms with van der Waals surface area (Å²) >= 11 is 0. The van der Waals surface area contributed by atoms with Gasteiger partial charge in [-0.2, -0.15) is 14.6 Å². The lowest BCUT2D eigenvalue weighted by Crippen LogP contribution is -2.49. The molecule has 1 aromatic carbocycles. The van der Waals surface area contributed by atoms with Crippen LogP contribution in [0.1, 0.15) is 16.1 Å². The van der Waals surface area contributed by atoms with Crippen LogP contribution in [0.25, 0.3) is 5.78 Å². The highest BCUT2D eigenvalue weighted by Gasteiger charge is 2.24. The third-order valence-electron chi connectivity index (χ3n) is 4.34. The Morgan fingerprint density at radius 2 is 1.84 bits per heavy atom. The van der Waals surface area contributed by atoms with Gasteiger partial charge in [-0.05, 0) is 31.2 Å². The van der Waals surface area contributed by atoms with E-state index in [-0.39, 0.29) is 11.7 Å². The van der Waals surface area contributed by atoms with Crippen molar-refractivity contribution < 1.29 is 9.18 Å². The molecule has 7 nitrogen and oxygen atoms in total. The second-order valence-electron chi connectivity index (χ2n) is 6.01. The minimum absolute atomic E-state index is 0.0727. The van der Waals surface area contributed by atoms with Crippen LogP contribution in [0.3, 0.4) is 0 Å². The minimum atomic E-state index is -0.341. The number of hydrogen-bond donors (Lipinski definition) is 0. The molecule has 25 heavy (non-hydrogen) atoms. The molecule has 128 valence electrons. The van der Waals surface area contributed by atoms with Crippen molar-refractivity contribution in [1.82, 2.24) is 24.5 Å². The van der Waals surface area contributed by atoms with Gasteiger partial charge < -0.3 is 9.80 Å². The lowest BCUT2D eigenvalue weighted by atomic mass is 10.2. The molecule has 0 unspecified atom stereocenters. The van der Waals surface area contributed by atoms with Crippen molar-refractivity contribution in [1.29, 1.82) is 0 Å². The van der Waals surface area contributed by atoms with Crippen LogP contribution in [-0.4, -0.2) is 56.6 Å². The number of fused-ring (bicyclic) bond motifs is 1. The Morgan fingerprint density at radius 3 is 2.56 bits per heavy atom. The number of piperazine rings is 1. The summed E-state index contributed by atoms with van der Waals surface area (Å²) in [4.78, 5) is 25.0. The minimum Gasteiger partial charge on any atom is -0.353 e. The monoisotopic (exact) mass is 340 g/mol. The fourth-order valence-corrected chi connectivity index (χ4v) is 3.05. The molecule has 0 saturated carbocycles. The molecule has 0 radical (unpaired) electrons. The lowest BCUT2D eigenvalue weighted by Gasteiger charge is -2.36. The van der Waals surface area contributed by atoms with Crippen molar-refractivity contribution >= 4 is 17.5 Å². The summed E-state index contributed by atoms with van der Waals surface area (Å²) in [5.74, 6) is 1.08. The van der Waals surface area contributed by atoms with E-state index in [4.69, 9.17) is 0 Å². The van der Waals surface area contributed by atoms with Gasteiger partial charge in [0.15, 0.2) is 0 Å². The van der Waals surface area contributed by atoms with Crippen molar-refractivity contribution in [3.8, 4) is 0 Å². The van der Waals surface area contributed by atoms with Gasteiger partial charge in [-0.1, -0.05) is 0 Å². The molecule has 1 amide bonds. The summed E-state index contributed by atoms with van der Waals surface area (Å²) in [6, 6.07) is 7.64. The highest BCUT2D eigenvalue weighted by molar-refractivity contribution is 5.94. The zero-order chi connectivity index (χ0) is 17.4. The lowest BCUT2D eigenvalue weighted by molar-refractivity contribution is 0.0746. The third kappa shape index (κ3) is 2.90. The predicted octanol–water partition coefficient (Wildman–Crippen LogP) is 1.53. The Balaban J connectivity index is 1.50. The highest BCUT2D eigenvalue weighted by Crippen LogP contribution is 2.18. The topological polar surface area (TPSA) is 66.6 Å². The van der Waals surface area contributed by atoms with E-state index in [0.29, 0.717) is 37.5 Å². The van der Waals surface area contributed by atoms with Gasteiger partial charge in [0.25, 0.3) is 11.7 Å². The van der Waals surface area contributed by atoms with E-state index in [9.17, 15) is 9.18 Å². The molecule has 0 N–H and O–H groups in total. The molecule has 1 aliphatic rings. The Bertz CT molecular complexity index is 915. The fourth-order valence-electron chi connectivity index (χ4n) is 3.05. The zero-order valence-electron chi connectivity index (χ0n) is 13.8. The van der Waals surface area contributed by atoms with E-state index in [1.807, 2.05) is 13.0 Å². The Morgan fingerprint density at radius 1 is 1.12 bits per heavy atom. The van der Waals surface area contributed by atoms with Crippen LogP contribution < -0.4 is 4.90 Å². The maximum absolute atomic E-state index is 13.0. The van der Waals surface area contributed by atoms with Crippen LogP contribution in [-0.2, 0) is 0 Å². The highest BCUT2D eigenvalue weighted by atomic mass is 19.1. The molecule has 3 heterocycles. The van der Waals surface area contributed by atoms with E-state index < -0.39 is 0 Å². The van der Waals surface area contributed by atoms with Crippen molar-refractivity contribution in [3.63, 3.8) is 0 Å². The first-order chi connectivity index (χ1) is 12.1. The smallest absolute Gasteiger partial charge is 0.254 e. The Hall–Kier alpha value is -3.03. The molecule has 0 atom stereocenters. The van der Waals surface area contributed by atoms with E-state index in [0.717, 1.165) is 11.5 Å². The standard InChI is InChI=1S/C17H17FN6O/c1-12-10-15(24-17(21-12)19-11-20-24)22-6-8-23(9-7-22)16(25)13-2-4-14(18)5-3-13/h2-5,10-11H,6-9H2,1H3. The Kier molecular flexibility index (Phi) is 3.79. The van der Waals surface area contributed by atoms with E-state index in [1.54, 1.807) is 9.42 Å². The van der Waals surface area contributed by atoms with Gasteiger partial charge in [-0.25, -0.2) is 9.37 Å². The van der Waals surface area contributed by atoms with E-state index >= 15 is 0 Å². The van der Waals surface area contributed by atoms with Gasteiger partial charge in [0.1, 0.15) is 18.0 Å². The number of anilines is 1. The average molecular weight is 340 g/mol. The molecule has 0 aliphatic carbocycles. The third-order valence-corrected chi connectivity index (χ3v) is 4.34. The van der Waals surface area contributed by atoms with Crippen molar-refractivity contribution in [3.05, 3.63) is 53.7 Å². The van der Waals surface area contributed by atoms with Gasteiger partial charge in [0, 0.05) is 43.5 Å². The second-order valence-corrected chi connectivity index (χ2v) is 6.01. The summed E-state index contributed by atoms with van der Waals surface area (Å²) in [5.41, 5.74) is 1.38. The van der Waals surface area contributed by atoms with Crippen LogP contribution in [0.4, 0.5) is 10.2 Å². The van der Waals surface area contributed by atoms with Crippen LogP contribution in [0.15, 0.2) is 36.7 Å². The molecule has 1 fully saturated rings. The number of nitrogens with zero attached hydrogens (tertiary/aromatic N) is 6. The number of hydrogen-bond acceptors (Lipinski definition) is 5. The first-order valence-corrected chi connectivity index (χ1v) is 8.09.